The molecule has 1 saturated heterocycles. The molecule has 0 spiro atoms. The Kier molecular flexibility index (Phi) is 3.79. The van der Waals surface area contributed by atoms with Gasteiger partial charge in [0.15, 0.2) is 0 Å². The molecule has 1 aromatic carbocycles. The van der Waals surface area contributed by atoms with Crippen LogP contribution in [0.3, 0.4) is 0 Å². The fraction of sp³-hybridized carbons (Fsp3) is 0.353. The molecule has 5 heteroatoms. The van der Waals surface area contributed by atoms with Crippen molar-refractivity contribution in [1.29, 1.82) is 0 Å². The molecule has 0 bridgehead atoms. The van der Waals surface area contributed by atoms with Crippen LogP contribution in [0, 0.1) is 13.8 Å². The summed E-state index contributed by atoms with van der Waals surface area (Å²) < 4.78 is 5.45. The first kappa shape index (κ1) is 14.5. The Bertz CT molecular complexity index is 668. The first-order valence-corrected chi connectivity index (χ1v) is 7.45. The number of amides is 1. The van der Waals surface area contributed by atoms with Crippen molar-refractivity contribution in [2.75, 3.05) is 31.1 Å². The summed E-state index contributed by atoms with van der Waals surface area (Å²) in [5, 5.41) is 9.34. The number of anilines is 1. The number of nitrogens with zero attached hydrogens (tertiary/aromatic N) is 2. The Labute approximate surface area is 129 Å². The predicted octanol–water partition coefficient (Wildman–Crippen LogP) is 2.56. The van der Waals surface area contributed by atoms with E-state index in [0.717, 1.165) is 24.5 Å². The summed E-state index contributed by atoms with van der Waals surface area (Å²) in [6, 6.07) is 8.98. The normalized spacial score (nSPS) is 15.2. The zero-order valence-corrected chi connectivity index (χ0v) is 12.9. The van der Waals surface area contributed by atoms with Crippen LogP contribution in [-0.4, -0.2) is 42.1 Å². The lowest BCUT2D eigenvalue weighted by atomic mass is 10.2. The largest absolute Gasteiger partial charge is 0.508 e. The molecule has 0 radical (unpaired) electrons. The summed E-state index contributed by atoms with van der Waals surface area (Å²) in [7, 11) is 0. The van der Waals surface area contributed by atoms with Crippen LogP contribution in [0.2, 0.25) is 0 Å². The fourth-order valence-electron chi connectivity index (χ4n) is 2.84. The molecule has 1 fully saturated rings. The second kappa shape index (κ2) is 5.75. The number of hydrogen-bond acceptors (Lipinski definition) is 4. The predicted molar refractivity (Wildman–Crippen MR) is 84.4 cm³/mol. The Morgan fingerprint density at radius 2 is 1.73 bits per heavy atom. The average Bonchev–Trinajstić information content (AvgIpc) is 2.86. The first-order valence-electron chi connectivity index (χ1n) is 7.45. The Morgan fingerprint density at radius 1 is 1.09 bits per heavy atom. The molecule has 2 aromatic rings. The van der Waals surface area contributed by atoms with Crippen molar-refractivity contribution in [3.63, 3.8) is 0 Å². The quantitative estimate of drug-likeness (QED) is 0.926. The highest BCUT2D eigenvalue weighted by Crippen LogP contribution is 2.21. The van der Waals surface area contributed by atoms with E-state index >= 15 is 0 Å². The fourth-order valence-corrected chi connectivity index (χ4v) is 2.84. The standard InChI is InChI=1S/C17H20N2O3/c1-12-11-16(13(2)22-12)17(21)19-9-7-18(8-10-19)14-3-5-15(20)6-4-14/h3-6,11,20H,7-10H2,1-2H3. The molecule has 0 aliphatic carbocycles. The zero-order chi connectivity index (χ0) is 15.7. The van der Waals surface area contributed by atoms with E-state index in [1.54, 1.807) is 12.1 Å². The number of phenolic OH excluding ortho intramolecular Hbond substituents is 1. The maximum atomic E-state index is 12.5. The maximum absolute atomic E-state index is 12.5. The third kappa shape index (κ3) is 2.79. The van der Waals surface area contributed by atoms with Gasteiger partial charge in [-0.15, -0.1) is 0 Å². The van der Waals surface area contributed by atoms with Crippen molar-refractivity contribution in [1.82, 2.24) is 4.90 Å². The van der Waals surface area contributed by atoms with Crippen molar-refractivity contribution < 1.29 is 14.3 Å². The Hall–Kier alpha value is -2.43. The molecule has 1 aliphatic rings. The van der Waals surface area contributed by atoms with E-state index in [2.05, 4.69) is 4.90 Å². The lowest BCUT2D eigenvalue weighted by molar-refractivity contribution is 0.0745. The molecule has 1 aliphatic heterocycles. The number of furan rings is 1. The van der Waals surface area contributed by atoms with Gasteiger partial charge in [-0.1, -0.05) is 0 Å². The minimum Gasteiger partial charge on any atom is -0.508 e. The molecule has 3 rings (SSSR count). The number of hydrogen-bond donors (Lipinski definition) is 1. The summed E-state index contributed by atoms with van der Waals surface area (Å²) in [4.78, 5) is 16.6. The molecular formula is C17H20N2O3. The first-order chi connectivity index (χ1) is 10.5. The summed E-state index contributed by atoms with van der Waals surface area (Å²) in [5.74, 6) is 1.76. The van der Waals surface area contributed by atoms with Gasteiger partial charge >= 0.3 is 0 Å². The van der Waals surface area contributed by atoms with E-state index in [9.17, 15) is 9.90 Å². The van der Waals surface area contributed by atoms with Crippen LogP contribution in [0.5, 0.6) is 5.75 Å². The maximum Gasteiger partial charge on any atom is 0.257 e. The molecule has 1 amide bonds. The summed E-state index contributed by atoms with van der Waals surface area (Å²) in [6.45, 7) is 6.62. The van der Waals surface area contributed by atoms with Crippen LogP contribution in [0.25, 0.3) is 0 Å². The molecule has 0 atom stereocenters. The molecule has 0 unspecified atom stereocenters. The van der Waals surface area contributed by atoms with E-state index in [4.69, 9.17) is 4.42 Å². The average molecular weight is 300 g/mol. The van der Waals surface area contributed by atoms with Crippen molar-refractivity contribution in [3.05, 3.63) is 47.4 Å². The number of benzene rings is 1. The lowest BCUT2D eigenvalue weighted by Gasteiger charge is -2.36. The number of carbonyl (C=O) groups excluding carboxylic acids is 1. The van der Waals surface area contributed by atoms with Gasteiger partial charge in [-0.05, 0) is 44.2 Å². The molecule has 116 valence electrons. The molecule has 0 saturated carbocycles. The molecular weight excluding hydrogens is 280 g/mol. The second-order valence-corrected chi connectivity index (χ2v) is 5.62. The van der Waals surface area contributed by atoms with Gasteiger partial charge in [0.05, 0.1) is 5.56 Å². The number of aryl methyl sites for hydroxylation is 2. The smallest absolute Gasteiger partial charge is 0.257 e. The van der Waals surface area contributed by atoms with Gasteiger partial charge < -0.3 is 19.3 Å². The van der Waals surface area contributed by atoms with Gasteiger partial charge in [0.25, 0.3) is 5.91 Å². The molecule has 5 nitrogen and oxygen atoms in total. The van der Waals surface area contributed by atoms with Gasteiger partial charge in [-0.25, -0.2) is 0 Å². The third-order valence-corrected chi connectivity index (χ3v) is 4.05. The number of aromatic hydroxyl groups is 1. The van der Waals surface area contributed by atoms with Gasteiger partial charge in [0.2, 0.25) is 0 Å². The highest BCUT2D eigenvalue weighted by atomic mass is 16.3. The van der Waals surface area contributed by atoms with Crippen LogP contribution in [0.4, 0.5) is 5.69 Å². The van der Waals surface area contributed by atoms with Crippen LogP contribution in [0.15, 0.2) is 34.7 Å². The lowest BCUT2D eigenvalue weighted by Crippen LogP contribution is -2.48. The van der Waals surface area contributed by atoms with Crippen molar-refractivity contribution in [2.45, 2.75) is 13.8 Å². The van der Waals surface area contributed by atoms with Crippen LogP contribution in [-0.2, 0) is 0 Å². The highest BCUT2D eigenvalue weighted by Gasteiger charge is 2.24. The summed E-state index contributed by atoms with van der Waals surface area (Å²) in [5.41, 5.74) is 1.73. The minimum absolute atomic E-state index is 0.0414. The molecule has 2 heterocycles. The van der Waals surface area contributed by atoms with Crippen molar-refractivity contribution >= 4 is 11.6 Å². The van der Waals surface area contributed by atoms with E-state index in [0.29, 0.717) is 24.4 Å². The number of piperazine rings is 1. The van der Waals surface area contributed by atoms with Crippen LogP contribution < -0.4 is 4.90 Å². The Balaban J connectivity index is 1.65. The van der Waals surface area contributed by atoms with E-state index in [1.807, 2.05) is 36.9 Å². The number of phenols is 1. The summed E-state index contributed by atoms with van der Waals surface area (Å²) in [6.07, 6.45) is 0. The molecule has 1 N–H and O–H groups in total. The topological polar surface area (TPSA) is 56.9 Å². The van der Waals surface area contributed by atoms with Gasteiger partial charge in [0, 0.05) is 31.9 Å². The van der Waals surface area contributed by atoms with Crippen LogP contribution >= 0.6 is 0 Å². The SMILES string of the molecule is Cc1cc(C(=O)N2CCN(c3ccc(O)cc3)CC2)c(C)o1. The van der Waals surface area contributed by atoms with Crippen molar-refractivity contribution in [2.24, 2.45) is 0 Å². The highest BCUT2D eigenvalue weighted by molar-refractivity contribution is 5.95. The third-order valence-electron chi connectivity index (χ3n) is 4.05. The molecule has 1 aromatic heterocycles. The van der Waals surface area contributed by atoms with E-state index in [1.165, 1.54) is 0 Å². The monoisotopic (exact) mass is 300 g/mol. The van der Waals surface area contributed by atoms with Crippen molar-refractivity contribution in [3.8, 4) is 5.75 Å². The minimum atomic E-state index is 0.0414. The Morgan fingerprint density at radius 3 is 2.27 bits per heavy atom. The second-order valence-electron chi connectivity index (χ2n) is 5.62. The zero-order valence-electron chi connectivity index (χ0n) is 12.9. The van der Waals surface area contributed by atoms with E-state index < -0.39 is 0 Å². The van der Waals surface area contributed by atoms with Gasteiger partial charge in [0.1, 0.15) is 17.3 Å². The number of rotatable bonds is 2. The van der Waals surface area contributed by atoms with Gasteiger partial charge in [-0.2, -0.15) is 0 Å². The van der Waals surface area contributed by atoms with Crippen LogP contribution in [0.1, 0.15) is 21.9 Å². The molecule has 22 heavy (non-hydrogen) atoms. The van der Waals surface area contributed by atoms with E-state index in [-0.39, 0.29) is 11.7 Å². The number of carbonyl (C=O) groups is 1. The van der Waals surface area contributed by atoms with Gasteiger partial charge in [-0.3, -0.25) is 4.79 Å². The summed E-state index contributed by atoms with van der Waals surface area (Å²) >= 11 is 0.